The molecule has 13 heteroatoms. The highest BCUT2D eigenvalue weighted by Crippen LogP contribution is 2.46. The van der Waals surface area contributed by atoms with Crippen LogP contribution in [-0.4, -0.2) is 30.0 Å². The lowest BCUT2D eigenvalue weighted by atomic mass is 10.0. The maximum atomic E-state index is 11.3. The molecule has 0 radical (unpaired) electrons. The van der Waals surface area contributed by atoms with E-state index in [-0.39, 0.29) is 17.1 Å². The lowest BCUT2D eigenvalue weighted by Crippen LogP contribution is -2.09. The Kier molecular flexibility index (Phi) is 3.85. The van der Waals surface area contributed by atoms with Gasteiger partial charge in [-0.2, -0.15) is 10.1 Å². The Morgan fingerprint density at radius 1 is 0.957 bits per heavy atom. The first-order valence-electron chi connectivity index (χ1n) is 5.98. The van der Waals surface area contributed by atoms with Crippen LogP contribution in [0.15, 0.2) is 6.33 Å². The molecule has 2 N–H and O–H groups in total. The number of aromatic nitrogens is 3. The fourth-order valence-electron chi connectivity index (χ4n) is 2.23. The lowest BCUT2D eigenvalue weighted by molar-refractivity contribution is -0.403. The molecule has 0 saturated heterocycles. The third-order valence-electron chi connectivity index (χ3n) is 3.10. The minimum absolute atomic E-state index is 0.0798. The van der Waals surface area contributed by atoms with E-state index in [9.17, 15) is 30.3 Å². The molecule has 1 aromatic heterocycles. The molecule has 0 aliphatic carbocycles. The van der Waals surface area contributed by atoms with E-state index < -0.39 is 37.5 Å². The number of rotatable bonds is 5. The number of H-pyrrole nitrogens is 1. The Morgan fingerprint density at radius 3 is 1.78 bits per heavy atom. The molecule has 0 unspecified atom stereocenters. The summed E-state index contributed by atoms with van der Waals surface area (Å²) in [5.41, 5.74) is -3.32. The SMILES string of the molecule is Cc1c([N+](=O)[O-])c(C)c([N+](=O)[O-])c(Nc2ncn[nH]2)c1[N+](=O)[O-]. The summed E-state index contributed by atoms with van der Waals surface area (Å²) in [5, 5.41) is 42.0. The van der Waals surface area contributed by atoms with Gasteiger partial charge in [0.15, 0.2) is 5.69 Å². The molecule has 0 atom stereocenters. The molecule has 2 aromatic rings. The van der Waals surface area contributed by atoms with Gasteiger partial charge in [-0.25, -0.2) is 5.10 Å². The minimum Gasteiger partial charge on any atom is -0.313 e. The number of hydrogen-bond donors (Lipinski definition) is 2. The molecule has 23 heavy (non-hydrogen) atoms. The van der Waals surface area contributed by atoms with Gasteiger partial charge in [0.05, 0.1) is 14.8 Å². The van der Waals surface area contributed by atoms with Crippen molar-refractivity contribution in [1.29, 1.82) is 0 Å². The Bertz CT molecular complexity index is 775. The zero-order valence-electron chi connectivity index (χ0n) is 11.8. The first-order chi connectivity index (χ1) is 10.8. The molecule has 0 saturated carbocycles. The Balaban J connectivity index is 2.88. The molecule has 0 aliphatic heterocycles. The summed E-state index contributed by atoms with van der Waals surface area (Å²) in [6, 6.07) is 0. The first-order valence-corrected chi connectivity index (χ1v) is 5.98. The van der Waals surface area contributed by atoms with Crippen molar-refractivity contribution >= 4 is 28.7 Å². The summed E-state index contributed by atoms with van der Waals surface area (Å²) in [4.78, 5) is 34.7. The molecule has 0 spiro atoms. The van der Waals surface area contributed by atoms with Gasteiger partial charge in [-0.15, -0.1) is 0 Å². The number of anilines is 2. The summed E-state index contributed by atoms with van der Waals surface area (Å²) in [6.07, 6.45) is 1.09. The van der Waals surface area contributed by atoms with Crippen LogP contribution in [0.2, 0.25) is 0 Å². The second-order valence-corrected chi connectivity index (χ2v) is 4.40. The van der Waals surface area contributed by atoms with E-state index in [0.29, 0.717) is 0 Å². The van der Waals surface area contributed by atoms with Crippen molar-refractivity contribution in [3.63, 3.8) is 0 Å². The van der Waals surface area contributed by atoms with Crippen molar-refractivity contribution in [1.82, 2.24) is 15.2 Å². The number of hydrogen-bond acceptors (Lipinski definition) is 9. The molecule has 13 nitrogen and oxygen atoms in total. The van der Waals surface area contributed by atoms with E-state index in [1.54, 1.807) is 0 Å². The van der Waals surface area contributed by atoms with Gasteiger partial charge < -0.3 is 5.32 Å². The summed E-state index contributed by atoms with van der Waals surface area (Å²) < 4.78 is 0. The van der Waals surface area contributed by atoms with Crippen molar-refractivity contribution in [2.75, 3.05) is 5.32 Å². The molecular formula is C10H9N7O6. The Hall–Kier alpha value is -3.64. The van der Waals surface area contributed by atoms with Crippen molar-refractivity contribution < 1.29 is 14.8 Å². The molecule has 0 bridgehead atoms. The quantitative estimate of drug-likeness (QED) is 0.612. The highest BCUT2D eigenvalue weighted by atomic mass is 16.6. The average molecular weight is 323 g/mol. The summed E-state index contributed by atoms with van der Waals surface area (Å²) >= 11 is 0. The third kappa shape index (κ3) is 2.61. The first kappa shape index (κ1) is 15.7. The fourth-order valence-corrected chi connectivity index (χ4v) is 2.23. The third-order valence-corrected chi connectivity index (χ3v) is 3.10. The number of nitrogens with zero attached hydrogens (tertiary/aromatic N) is 5. The van der Waals surface area contributed by atoms with Crippen LogP contribution in [0.4, 0.5) is 28.7 Å². The van der Waals surface area contributed by atoms with Crippen molar-refractivity contribution in [2.45, 2.75) is 13.8 Å². The van der Waals surface area contributed by atoms with E-state index in [1.807, 2.05) is 0 Å². The van der Waals surface area contributed by atoms with E-state index >= 15 is 0 Å². The number of benzene rings is 1. The van der Waals surface area contributed by atoms with Crippen LogP contribution in [-0.2, 0) is 0 Å². The normalized spacial score (nSPS) is 10.3. The van der Waals surface area contributed by atoms with Gasteiger partial charge in [-0.3, -0.25) is 30.3 Å². The maximum Gasteiger partial charge on any atom is 0.309 e. The lowest BCUT2D eigenvalue weighted by Gasteiger charge is -2.10. The minimum atomic E-state index is -0.923. The topological polar surface area (TPSA) is 183 Å². The monoisotopic (exact) mass is 323 g/mol. The van der Waals surface area contributed by atoms with Gasteiger partial charge in [0.25, 0.3) is 5.69 Å². The van der Waals surface area contributed by atoms with Gasteiger partial charge in [0, 0.05) is 0 Å². The van der Waals surface area contributed by atoms with Crippen LogP contribution >= 0.6 is 0 Å². The second-order valence-electron chi connectivity index (χ2n) is 4.40. The van der Waals surface area contributed by atoms with Crippen molar-refractivity contribution in [3.05, 3.63) is 47.8 Å². The van der Waals surface area contributed by atoms with E-state index in [2.05, 4.69) is 20.5 Å². The van der Waals surface area contributed by atoms with Crippen molar-refractivity contribution in [2.24, 2.45) is 0 Å². The van der Waals surface area contributed by atoms with E-state index in [4.69, 9.17) is 0 Å². The number of nitrogens with one attached hydrogen (secondary N) is 2. The van der Waals surface area contributed by atoms with E-state index in [0.717, 1.165) is 20.2 Å². The van der Waals surface area contributed by atoms with Gasteiger partial charge in [0.1, 0.15) is 17.5 Å². The maximum absolute atomic E-state index is 11.3. The molecule has 2 rings (SSSR count). The van der Waals surface area contributed by atoms with Crippen LogP contribution in [0, 0.1) is 44.2 Å². The van der Waals surface area contributed by atoms with Gasteiger partial charge >= 0.3 is 11.4 Å². The van der Waals surface area contributed by atoms with Gasteiger partial charge in [-0.05, 0) is 13.8 Å². The van der Waals surface area contributed by atoms with Gasteiger partial charge in [-0.1, -0.05) is 0 Å². The largest absolute Gasteiger partial charge is 0.313 e. The van der Waals surface area contributed by atoms with Crippen LogP contribution in [0.3, 0.4) is 0 Å². The predicted molar refractivity (Wildman–Crippen MR) is 75.5 cm³/mol. The highest BCUT2D eigenvalue weighted by molar-refractivity contribution is 5.85. The number of aromatic amines is 1. The van der Waals surface area contributed by atoms with Crippen LogP contribution in [0.1, 0.15) is 11.1 Å². The fraction of sp³-hybridized carbons (Fsp3) is 0.200. The highest BCUT2D eigenvalue weighted by Gasteiger charge is 2.38. The zero-order valence-corrected chi connectivity index (χ0v) is 11.8. The molecule has 0 fully saturated rings. The smallest absolute Gasteiger partial charge is 0.309 e. The molecular weight excluding hydrogens is 314 g/mol. The Labute approximate surface area is 126 Å². The predicted octanol–water partition coefficient (Wildman–Crippen LogP) is 1.89. The van der Waals surface area contributed by atoms with Crippen molar-refractivity contribution in [3.8, 4) is 0 Å². The number of nitro groups is 3. The Morgan fingerprint density at radius 2 is 1.43 bits per heavy atom. The molecule has 1 heterocycles. The van der Waals surface area contributed by atoms with Gasteiger partial charge in [0.2, 0.25) is 5.95 Å². The second kappa shape index (κ2) is 5.63. The number of nitro benzene ring substituents is 3. The molecule has 1 aromatic carbocycles. The van der Waals surface area contributed by atoms with E-state index in [1.165, 1.54) is 0 Å². The van der Waals surface area contributed by atoms with Crippen LogP contribution < -0.4 is 5.32 Å². The molecule has 0 amide bonds. The zero-order chi connectivity index (χ0) is 17.3. The van der Waals surface area contributed by atoms with Crippen LogP contribution in [0.5, 0.6) is 0 Å². The average Bonchev–Trinajstić information content (AvgIpc) is 2.89. The summed E-state index contributed by atoms with van der Waals surface area (Å²) in [7, 11) is 0. The molecule has 0 aliphatic rings. The summed E-state index contributed by atoms with van der Waals surface area (Å²) in [6.45, 7) is 2.30. The molecule has 120 valence electrons. The van der Waals surface area contributed by atoms with Crippen LogP contribution in [0.25, 0.3) is 0 Å². The summed E-state index contributed by atoms with van der Waals surface area (Å²) in [5.74, 6) is -0.0798. The standard InChI is InChI=1S/C10H9N7O6/c1-4-7(15(18)19)5(2)9(17(22)23)6(8(4)16(20)21)13-10-11-3-12-14-10/h3H,1-2H3,(H2,11,12,13,14).